The van der Waals surface area contributed by atoms with Gasteiger partial charge in [0.2, 0.25) is 11.8 Å². The zero-order chi connectivity index (χ0) is 28.6. The van der Waals surface area contributed by atoms with Crippen LogP contribution in [0, 0.1) is 19.7 Å². The van der Waals surface area contributed by atoms with Gasteiger partial charge in [-0.25, -0.2) is 12.8 Å². The van der Waals surface area contributed by atoms with Gasteiger partial charge in [-0.15, -0.1) is 0 Å². The van der Waals surface area contributed by atoms with Crippen molar-refractivity contribution in [3.8, 4) is 0 Å². The first-order valence-electron chi connectivity index (χ1n) is 13.0. The predicted molar refractivity (Wildman–Crippen MR) is 151 cm³/mol. The highest BCUT2D eigenvalue weighted by atomic mass is 32.2. The molecule has 208 valence electrons. The van der Waals surface area contributed by atoms with Gasteiger partial charge >= 0.3 is 0 Å². The molecule has 0 radical (unpaired) electrons. The molecule has 0 fully saturated rings. The van der Waals surface area contributed by atoms with Crippen LogP contribution in [0.15, 0.2) is 77.7 Å². The molecule has 0 unspecified atom stereocenters. The Labute approximate surface area is 230 Å². The molecule has 1 atom stereocenters. The summed E-state index contributed by atoms with van der Waals surface area (Å²) in [5.74, 6) is -1.76. The van der Waals surface area contributed by atoms with Gasteiger partial charge in [-0.1, -0.05) is 73.0 Å². The number of aryl methyl sites for hydroxylation is 2. The van der Waals surface area contributed by atoms with Gasteiger partial charge in [0.1, 0.15) is 18.4 Å². The Bertz CT molecular complexity index is 1380. The second-order valence-corrected chi connectivity index (χ2v) is 11.5. The number of unbranched alkanes of at least 4 members (excludes halogenated alkanes) is 1. The molecule has 0 bridgehead atoms. The number of rotatable bonds is 12. The van der Waals surface area contributed by atoms with E-state index in [4.69, 9.17) is 0 Å². The number of amides is 2. The molecule has 1 N–H and O–H groups in total. The number of nitrogens with zero attached hydrogens (tertiary/aromatic N) is 2. The summed E-state index contributed by atoms with van der Waals surface area (Å²) in [7, 11) is -4.32. The lowest BCUT2D eigenvalue weighted by Gasteiger charge is -2.32. The van der Waals surface area contributed by atoms with Gasteiger partial charge in [-0.3, -0.25) is 13.9 Å². The van der Waals surface area contributed by atoms with Crippen molar-refractivity contribution in [2.45, 2.75) is 58.0 Å². The van der Waals surface area contributed by atoms with E-state index < -0.39 is 34.3 Å². The summed E-state index contributed by atoms with van der Waals surface area (Å²) in [6.07, 6.45) is 1.69. The summed E-state index contributed by atoms with van der Waals surface area (Å²) < 4.78 is 43.2. The average Bonchev–Trinajstić information content (AvgIpc) is 2.91. The molecule has 0 aliphatic rings. The number of anilines is 1. The fraction of sp³-hybridized carbons (Fsp3) is 0.333. The maximum Gasteiger partial charge on any atom is 0.264 e. The normalized spacial score (nSPS) is 12.0. The third kappa shape index (κ3) is 7.66. The highest BCUT2D eigenvalue weighted by Crippen LogP contribution is 2.27. The fourth-order valence-electron chi connectivity index (χ4n) is 4.01. The summed E-state index contributed by atoms with van der Waals surface area (Å²) in [5, 5.41) is 2.84. The van der Waals surface area contributed by atoms with Crippen LogP contribution in [0.1, 0.15) is 43.4 Å². The van der Waals surface area contributed by atoms with E-state index in [1.807, 2.05) is 45.0 Å². The number of nitrogens with one attached hydrogen (secondary N) is 1. The molecule has 0 heterocycles. The quantitative estimate of drug-likeness (QED) is 0.321. The van der Waals surface area contributed by atoms with E-state index in [9.17, 15) is 22.4 Å². The molecule has 3 aromatic carbocycles. The third-order valence-electron chi connectivity index (χ3n) is 6.48. The molecule has 0 aliphatic heterocycles. The van der Waals surface area contributed by atoms with Gasteiger partial charge in [0.25, 0.3) is 10.0 Å². The lowest BCUT2D eigenvalue weighted by Crippen LogP contribution is -2.51. The van der Waals surface area contributed by atoms with E-state index in [0.29, 0.717) is 6.54 Å². The van der Waals surface area contributed by atoms with Gasteiger partial charge < -0.3 is 10.2 Å². The zero-order valence-corrected chi connectivity index (χ0v) is 23.7. The number of hydrogen-bond donors (Lipinski definition) is 1. The van der Waals surface area contributed by atoms with Gasteiger partial charge in [0, 0.05) is 13.1 Å². The minimum Gasteiger partial charge on any atom is -0.354 e. The first kappa shape index (κ1) is 29.8. The van der Waals surface area contributed by atoms with Gasteiger partial charge in [0.15, 0.2) is 0 Å². The summed E-state index contributed by atoms with van der Waals surface area (Å²) in [5.41, 5.74) is 2.43. The first-order chi connectivity index (χ1) is 18.5. The molecule has 3 rings (SSSR count). The molecule has 0 aromatic heterocycles. The monoisotopic (exact) mass is 553 g/mol. The standard InChI is InChI=1S/C30H36FN3O4S/c1-5-6-19-32-30(36)24(4)33(20-25-15-11-22(2)12-16-25)29(35)21-34(28-10-8-7-9-27(28)31)39(37,38)26-17-13-23(3)14-18-26/h7-18,24H,5-6,19-21H2,1-4H3,(H,32,36)/t24-/m1/s1. The SMILES string of the molecule is CCCCNC(=O)[C@@H](C)N(Cc1ccc(C)cc1)C(=O)CN(c1ccccc1F)S(=O)(=O)c1ccc(C)cc1. The predicted octanol–water partition coefficient (Wildman–Crippen LogP) is 4.97. The molecule has 9 heteroatoms. The van der Waals surface area contributed by atoms with Crippen molar-refractivity contribution in [3.63, 3.8) is 0 Å². The Kier molecular flexibility index (Phi) is 10.2. The third-order valence-corrected chi connectivity index (χ3v) is 8.25. The van der Waals surface area contributed by atoms with Crippen LogP contribution >= 0.6 is 0 Å². The zero-order valence-electron chi connectivity index (χ0n) is 22.9. The summed E-state index contributed by atoms with van der Waals surface area (Å²) in [6, 6.07) is 18.2. The molecule has 0 spiro atoms. The number of carbonyl (C=O) groups excluding carboxylic acids is 2. The number of hydrogen-bond acceptors (Lipinski definition) is 4. The molecule has 7 nitrogen and oxygen atoms in total. The molecule has 2 amide bonds. The van der Waals surface area contributed by atoms with Crippen molar-refractivity contribution in [1.29, 1.82) is 0 Å². The summed E-state index contributed by atoms with van der Waals surface area (Å²) >= 11 is 0. The number of benzene rings is 3. The summed E-state index contributed by atoms with van der Waals surface area (Å²) in [6.45, 7) is 7.25. The molecular weight excluding hydrogens is 517 g/mol. The molecular formula is C30H36FN3O4S. The lowest BCUT2D eigenvalue weighted by atomic mass is 10.1. The molecule has 39 heavy (non-hydrogen) atoms. The number of carbonyl (C=O) groups is 2. The van der Waals surface area contributed by atoms with Crippen LogP contribution in [0.25, 0.3) is 0 Å². The maximum atomic E-state index is 15.0. The van der Waals surface area contributed by atoms with Gasteiger partial charge in [0.05, 0.1) is 10.6 Å². The van der Waals surface area contributed by atoms with Crippen LogP contribution < -0.4 is 9.62 Å². The van der Waals surface area contributed by atoms with Crippen molar-refractivity contribution < 1.29 is 22.4 Å². The fourth-order valence-corrected chi connectivity index (χ4v) is 5.44. The number of para-hydroxylation sites is 1. The minimum absolute atomic E-state index is 0.0698. The Morgan fingerprint density at radius 2 is 1.51 bits per heavy atom. The van der Waals surface area contributed by atoms with Crippen molar-refractivity contribution in [2.24, 2.45) is 0 Å². The van der Waals surface area contributed by atoms with E-state index in [1.54, 1.807) is 19.1 Å². The van der Waals surface area contributed by atoms with E-state index in [1.165, 1.54) is 35.2 Å². The van der Waals surface area contributed by atoms with Crippen LogP contribution in [0.3, 0.4) is 0 Å². The highest BCUT2D eigenvalue weighted by molar-refractivity contribution is 7.92. The van der Waals surface area contributed by atoms with Crippen molar-refractivity contribution in [3.05, 3.63) is 95.3 Å². The van der Waals surface area contributed by atoms with Crippen molar-refractivity contribution >= 4 is 27.5 Å². The molecule has 3 aromatic rings. The van der Waals surface area contributed by atoms with E-state index in [0.717, 1.165) is 39.9 Å². The van der Waals surface area contributed by atoms with Crippen LogP contribution in [-0.2, 0) is 26.2 Å². The van der Waals surface area contributed by atoms with Crippen LogP contribution in [0.5, 0.6) is 0 Å². The van der Waals surface area contributed by atoms with Crippen LogP contribution in [0.2, 0.25) is 0 Å². The second kappa shape index (κ2) is 13.4. The van der Waals surface area contributed by atoms with E-state index in [2.05, 4.69) is 5.32 Å². The van der Waals surface area contributed by atoms with E-state index in [-0.39, 0.29) is 23.0 Å². The number of halogens is 1. The van der Waals surface area contributed by atoms with Crippen molar-refractivity contribution in [1.82, 2.24) is 10.2 Å². The Hall–Kier alpha value is -3.72. The number of sulfonamides is 1. The van der Waals surface area contributed by atoms with Gasteiger partial charge in [-0.2, -0.15) is 0 Å². The molecule has 0 aliphatic carbocycles. The topological polar surface area (TPSA) is 86.8 Å². The minimum atomic E-state index is -4.32. The lowest BCUT2D eigenvalue weighted by molar-refractivity contribution is -0.139. The van der Waals surface area contributed by atoms with E-state index >= 15 is 0 Å². The Balaban J connectivity index is 2.00. The largest absolute Gasteiger partial charge is 0.354 e. The first-order valence-corrected chi connectivity index (χ1v) is 14.4. The highest BCUT2D eigenvalue weighted by Gasteiger charge is 2.33. The molecule has 0 saturated heterocycles. The smallest absolute Gasteiger partial charge is 0.264 e. The Morgan fingerprint density at radius 3 is 2.10 bits per heavy atom. The maximum absolute atomic E-state index is 15.0. The van der Waals surface area contributed by atoms with Crippen molar-refractivity contribution in [2.75, 3.05) is 17.4 Å². The van der Waals surface area contributed by atoms with Gasteiger partial charge in [-0.05, 0) is 57.0 Å². The summed E-state index contributed by atoms with van der Waals surface area (Å²) in [4.78, 5) is 28.1. The van der Waals surface area contributed by atoms with Crippen LogP contribution in [-0.4, -0.2) is 44.3 Å². The second-order valence-electron chi connectivity index (χ2n) is 9.60. The molecule has 0 saturated carbocycles. The Morgan fingerprint density at radius 1 is 0.923 bits per heavy atom. The van der Waals surface area contributed by atoms with Crippen LogP contribution in [0.4, 0.5) is 10.1 Å². The average molecular weight is 554 g/mol.